The van der Waals surface area contributed by atoms with Crippen LogP contribution >= 0.6 is 0 Å². The van der Waals surface area contributed by atoms with E-state index in [9.17, 15) is 0 Å². The number of hydrogen-bond donors (Lipinski definition) is 0. The molecule has 0 spiro atoms. The summed E-state index contributed by atoms with van der Waals surface area (Å²) < 4.78 is 43.6. The van der Waals surface area contributed by atoms with Crippen LogP contribution in [0.2, 0.25) is 0 Å². The first kappa shape index (κ1) is 58.7. The molecular formula is C75H86N2O6. The minimum atomic E-state index is -0.239. The molecule has 10 rings (SSSR count). The van der Waals surface area contributed by atoms with Gasteiger partial charge in [0.15, 0.2) is 25.1 Å². The standard InChI is InChI=1S/C75H86N2O6/c1-46-35-60(70(80-44-78-17)66(37-46)76-62-31-27-50(72(5,6)7)40-56(62)57-41-51(73(8,9)10)28-32-63(57)76)54-23-19-21-25-68(54)82-48(3)39-49(4)83-69-26-22-20-24-55(69)61-36-47(2)38-67(71(61)81-45-79-18)77-64-33-29-52(74(11,12)13)42-58(64)59-43-53(75(14,15)16)30-34-65(59)77/h19-38,40-43,48-49H,39,44-45H2,1-18H3/t48-,49-/m0/s1. The summed E-state index contributed by atoms with van der Waals surface area (Å²) in [4.78, 5) is 0. The summed E-state index contributed by atoms with van der Waals surface area (Å²) in [6.45, 7) is 36.0. The van der Waals surface area contributed by atoms with Gasteiger partial charge < -0.3 is 37.6 Å². The average Bonchev–Trinajstić information content (AvgIpc) is 2.37. The lowest BCUT2D eigenvalue weighted by Crippen LogP contribution is -2.23. The Morgan fingerprint density at radius 1 is 0.373 bits per heavy atom. The van der Waals surface area contributed by atoms with Gasteiger partial charge in [-0.15, -0.1) is 0 Å². The summed E-state index contributed by atoms with van der Waals surface area (Å²) in [5.74, 6) is 2.92. The molecule has 432 valence electrons. The van der Waals surface area contributed by atoms with Gasteiger partial charge in [-0.3, -0.25) is 0 Å². The number of aromatic nitrogens is 2. The molecule has 0 aliphatic rings. The molecule has 2 atom stereocenters. The SMILES string of the molecule is COCOc1c(-c2ccccc2O[C@@H](C)C[C@H](C)Oc2ccccc2-c2cc(C)cc(-n3c4ccc(C(C)(C)C)cc4c4cc(C(C)(C)C)ccc43)c2OCOC)cc(C)cc1-n1c2ccc(C(C)(C)C)cc2c2cc(C(C)(C)C)ccc21. The molecule has 0 aliphatic heterocycles. The molecule has 0 aliphatic carbocycles. The molecule has 8 heteroatoms. The minimum absolute atomic E-state index is 0.0245. The molecule has 2 heterocycles. The highest BCUT2D eigenvalue weighted by molar-refractivity contribution is 6.11. The van der Waals surface area contributed by atoms with Gasteiger partial charge in [0.2, 0.25) is 0 Å². The van der Waals surface area contributed by atoms with Crippen LogP contribution < -0.4 is 18.9 Å². The van der Waals surface area contributed by atoms with Crippen LogP contribution in [-0.4, -0.2) is 49.1 Å². The lowest BCUT2D eigenvalue weighted by atomic mass is 9.85. The maximum Gasteiger partial charge on any atom is 0.188 e. The Labute approximate surface area is 493 Å². The average molecular weight is 1110 g/mol. The topological polar surface area (TPSA) is 65.2 Å². The number of benzene rings is 8. The maximum absolute atomic E-state index is 7.03. The smallest absolute Gasteiger partial charge is 0.188 e. The third kappa shape index (κ3) is 11.8. The predicted octanol–water partition coefficient (Wildman–Crippen LogP) is 19.6. The Kier molecular flexibility index (Phi) is 16.0. The number of ether oxygens (including phenoxy) is 6. The summed E-state index contributed by atoms with van der Waals surface area (Å²) >= 11 is 0. The highest BCUT2D eigenvalue weighted by Crippen LogP contribution is 2.48. The van der Waals surface area contributed by atoms with Crippen molar-refractivity contribution < 1.29 is 28.4 Å². The third-order valence-electron chi connectivity index (χ3n) is 16.2. The fourth-order valence-corrected chi connectivity index (χ4v) is 11.8. The second kappa shape index (κ2) is 22.6. The number of aryl methyl sites for hydroxylation is 2. The number of fused-ring (bicyclic) bond motifs is 6. The summed E-state index contributed by atoms with van der Waals surface area (Å²) in [6.07, 6.45) is 0.122. The minimum Gasteiger partial charge on any atom is -0.490 e. The molecule has 0 saturated heterocycles. The van der Waals surface area contributed by atoms with Crippen molar-refractivity contribution in [2.24, 2.45) is 0 Å². The lowest BCUT2D eigenvalue weighted by Gasteiger charge is -2.25. The van der Waals surface area contributed by atoms with Crippen LogP contribution in [0.5, 0.6) is 23.0 Å². The van der Waals surface area contributed by atoms with E-state index in [1.54, 1.807) is 14.2 Å². The van der Waals surface area contributed by atoms with E-state index < -0.39 is 0 Å². The number of para-hydroxylation sites is 2. The van der Waals surface area contributed by atoms with E-state index in [0.717, 1.165) is 78.3 Å². The second-order valence-electron chi connectivity index (χ2n) is 27.1. The summed E-state index contributed by atoms with van der Waals surface area (Å²) in [5, 5.41) is 4.85. The van der Waals surface area contributed by atoms with Crippen LogP contribution in [0.3, 0.4) is 0 Å². The van der Waals surface area contributed by atoms with E-state index in [-0.39, 0.29) is 47.5 Å². The van der Waals surface area contributed by atoms with E-state index >= 15 is 0 Å². The molecule has 0 amide bonds. The zero-order valence-corrected chi connectivity index (χ0v) is 52.5. The van der Waals surface area contributed by atoms with Crippen molar-refractivity contribution in [2.45, 2.75) is 151 Å². The number of methoxy groups -OCH3 is 2. The van der Waals surface area contributed by atoms with Gasteiger partial charge in [0.1, 0.15) is 11.5 Å². The number of rotatable bonds is 16. The molecule has 8 aromatic carbocycles. The predicted molar refractivity (Wildman–Crippen MR) is 347 cm³/mol. The highest BCUT2D eigenvalue weighted by Gasteiger charge is 2.28. The third-order valence-corrected chi connectivity index (χ3v) is 16.2. The van der Waals surface area contributed by atoms with Crippen LogP contribution in [0.1, 0.15) is 137 Å². The molecule has 2 aromatic heterocycles. The first-order valence-corrected chi connectivity index (χ1v) is 29.5. The van der Waals surface area contributed by atoms with Crippen LogP contribution in [0.4, 0.5) is 0 Å². The molecule has 0 saturated carbocycles. The number of nitrogens with zero attached hydrogens (tertiary/aromatic N) is 2. The van der Waals surface area contributed by atoms with Crippen LogP contribution in [-0.2, 0) is 31.1 Å². The normalized spacial score (nSPS) is 13.3. The van der Waals surface area contributed by atoms with Crippen molar-refractivity contribution in [1.29, 1.82) is 0 Å². The van der Waals surface area contributed by atoms with Gasteiger partial charge in [0.25, 0.3) is 0 Å². The first-order chi connectivity index (χ1) is 39.2. The van der Waals surface area contributed by atoms with E-state index in [2.05, 4.69) is 253 Å². The zero-order chi connectivity index (χ0) is 59.5. The van der Waals surface area contributed by atoms with Gasteiger partial charge in [0.05, 0.1) is 45.6 Å². The van der Waals surface area contributed by atoms with Crippen LogP contribution in [0.15, 0.2) is 146 Å². The van der Waals surface area contributed by atoms with Gasteiger partial charge in [-0.25, -0.2) is 0 Å². The largest absolute Gasteiger partial charge is 0.490 e. The molecule has 0 N–H and O–H groups in total. The Bertz CT molecular complexity index is 3630. The van der Waals surface area contributed by atoms with E-state index in [1.165, 1.54) is 43.8 Å². The number of hydrogen-bond acceptors (Lipinski definition) is 6. The summed E-state index contributed by atoms with van der Waals surface area (Å²) in [5.41, 5.74) is 17.2. The van der Waals surface area contributed by atoms with Gasteiger partial charge in [-0.2, -0.15) is 0 Å². The van der Waals surface area contributed by atoms with Gasteiger partial charge in [-0.05, 0) is 168 Å². The fraction of sp³-hybridized carbons (Fsp3) is 0.360. The molecule has 8 nitrogen and oxygen atoms in total. The summed E-state index contributed by atoms with van der Waals surface area (Å²) in [6, 6.07) is 53.1. The van der Waals surface area contributed by atoms with E-state index in [4.69, 9.17) is 28.4 Å². The zero-order valence-electron chi connectivity index (χ0n) is 52.5. The second-order valence-corrected chi connectivity index (χ2v) is 27.1. The van der Waals surface area contributed by atoms with Gasteiger partial charge >= 0.3 is 0 Å². The highest BCUT2D eigenvalue weighted by atomic mass is 16.7. The lowest BCUT2D eigenvalue weighted by molar-refractivity contribution is 0.0513. The molecule has 0 unspecified atom stereocenters. The molecule has 83 heavy (non-hydrogen) atoms. The van der Waals surface area contributed by atoms with Gasteiger partial charge in [0, 0.05) is 64.4 Å². The van der Waals surface area contributed by atoms with Crippen LogP contribution in [0.25, 0.3) is 77.2 Å². The van der Waals surface area contributed by atoms with Crippen LogP contribution in [0, 0.1) is 13.8 Å². The fourth-order valence-electron chi connectivity index (χ4n) is 11.8. The monoisotopic (exact) mass is 1110 g/mol. The Morgan fingerprint density at radius 2 is 0.675 bits per heavy atom. The van der Waals surface area contributed by atoms with Gasteiger partial charge in [-0.1, -0.05) is 144 Å². The van der Waals surface area contributed by atoms with E-state index in [1.807, 2.05) is 12.1 Å². The van der Waals surface area contributed by atoms with Crippen molar-refractivity contribution in [3.63, 3.8) is 0 Å². The Morgan fingerprint density at radius 3 is 0.964 bits per heavy atom. The molecule has 0 radical (unpaired) electrons. The van der Waals surface area contributed by atoms with Crippen molar-refractivity contribution in [2.75, 3.05) is 27.8 Å². The summed E-state index contributed by atoms with van der Waals surface area (Å²) in [7, 11) is 3.33. The Hall–Kier alpha value is -7.52. The first-order valence-electron chi connectivity index (χ1n) is 29.5. The molecule has 0 fully saturated rings. The quantitative estimate of drug-likeness (QED) is 0.0899. The van der Waals surface area contributed by atoms with Crippen molar-refractivity contribution in [3.05, 3.63) is 179 Å². The van der Waals surface area contributed by atoms with Crippen molar-refractivity contribution >= 4 is 43.6 Å². The Balaban J connectivity index is 1.00. The molecule has 10 aromatic rings. The van der Waals surface area contributed by atoms with Crippen molar-refractivity contribution in [3.8, 4) is 56.6 Å². The maximum atomic E-state index is 7.03. The van der Waals surface area contributed by atoms with Crippen molar-refractivity contribution in [1.82, 2.24) is 9.13 Å². The van der Waals surface area contributed by atoms with E-state index in [0.29, 0.717) is 17.9 Å². The molecular weight excluding hydrogens is 1020 g/mol. The molecule has 0 bridgehead atoms.